The van der Waals surface area contributed by atoms with Crippen molar-refractivity contribution in [3.63, 3.8) is 0 Å². The van der Waals surface area contributed by atoms with Crippen molar-refractivity contribution < 1.29 is 8.42 Å². The fourth-order valence-electron chi connectivity index (χ4n) is 2.11. The molecule has 2 aromatic rings. The highest BCUT2D eigenvalue weighted by atomic mass is 32.2. The van der Waals surface area contributed by atoms with Gasteiger partial charge in [-0.3, -0.25) is 0 Å². The summed E-state index contributed by atoms with van der Waals surface area (Å²) < 4.78 is 22.8. The van der Waals surface area contributed by atoms with E-state index in [9.17, 15) is 8.42 Å². The van der Waals surface area contributed by atoms with E-state index in [-0.39, 0.29) is 4.90 Å². The van der Waals surface area contributed by atoms with Gasteiger partial charge >= 0.3 is 0 Å². The van der Waals surface area contributed by atoms with Crippen molar-refractivity contribution >= 4 is 16.0 Å². The fourth-order valence-corrected chi connectivity index (χ4v) is 2.70. The van der Waals surface area contributed by atoms with Gasteiger partial charge < -0.3 is 10.6 Å². The van der Waals surface area contributed by atoms with E-state index >= 15 is 0 Å². The zero-order chi connectivity index (χ0) is 17.4. The molecule has 2 aromatic carbocycles. The highest BCUT2D eigenvalue weighted by molar-refractivity contribution is 7.89. The molecule has 0 aliphatic carbocycles. The van der Waals surface area contributed by atoms with E-state index in [1.807, 2.05) is 43.3 Å². The van der Waals surface area contributed by atoms with E-state index in [4.69, 9.17) is 5.14 Å². The Morgan fingerprint density at radius 1 is 1.04 bits per heavy atom. The van der Waals surface area contributed by atoms with Crippen LogP contribution >= 0.6 is 0 Å². The lowest BCUT2D eigenvalue weighted by molar-refractivity contribution is 0.597. The van der Waals surface area contributed by atoms with Gasteiger partial charge in [-0.2, -0.15) is 0 Å². The highest BCUT2D eigenvalue weighted by Crippen LogP contribution is 2.10. The van der Waals surface area contributed by atoms with Gasteiger partial charge in [-0.15, -0.1) is 0 Å². The van der Waals surface area contributed by atoms with Crippen LogP contribution in [0.4, 0.5) is 0 Å². The molecule has 0 aliphatic rings. The molecule has 0 atom stereocenters. The molecule has 6 nitrogen and oxygen atoms in total. The molecular weight excluding hydrogens is 324 g/mol. The van der Waals surface area contributed by atoms with Crippen molar-refractivity contribution in [2.45, 2.75) is 24.9 Å². The maximum atomic E-state index is 11.4. The molecule has 128 valence electrons. The Bertz CT molecular complexity index is 789. The number of benzene rings is 2. The van der Waals surface area contributed by atoms with Gasteiger partial charge in [0, 0.05) is 13.1 Å². The van der Waals surface area contributed by atoms with E-state index in [0.717, 1.165) is 17.7 Å². The highest BCUT2D eigenvalue weighted by Gasteiger charge is 2.07. The number of nitrogens with zero attached hydrogens (tertiary/aromatic N) is 1. The van der Waals surface area contributed by atoms with Crippen LogP contribution in [0, 0.1) is 0 Å². The summed E-state index contributed by atoms with van der Waals surface area (Å²) in [5.41, 5.74) is 1.93. The molecule has 24 heavy (non-hydrogen) atoms. The normalized spacial score (nSPS) is 12.0. The minimum absolute atomic E-state index is 0.0949. The quantitative estimate of drug-likeness (QED) is 0.547. The molecule has 0 aromatic heterocycles. The number of hydrogen-bond acceptors (Lipinski definition) is 3. The van der Waals surface area contributed by atoms with Crippen molar-refractivity contribution in [3.8, 4) is 0 Å². The molecule has 0 heterocycles. The van der Waals surface area contributed by atoms with Crippen LogP contribution in [0.3, 0.4) is 0 Å². The standard InChI is InChI=1S/C17H22N4O2S/c1-2-19-17(20-12-14-7-4-3-5-8-14)21-13-15-9-6-10-16(11-15)24(18,22)23/h3-11H,2,12-13H2,1H3,(H2,18,22,23)(H2,19,20,21). The molecule has 0 saturated carbocycles. The minimum atomic E-state index is -3.70. The van der Waals surface area contributed by atoms with Gasteiger partial charge in [-0.1, -0.05) is 42.5 Å². The Hall–Kier alpha value is -2.38. The zero-order valence-corrected chi connectivity index (χ0v) is 14.4. The van der Waals surface area contributed by atoms with Crippen molar-refractivity contribution in [2.75, 3.05) is 6.54 Å². The predicted octanol–water partition coefficient (Wildman–Crippen LogP) is 1.59. The maximum Gasteiger partial charge on any atom is 0.238 e. The minimum Gasteiger partial charge on any atom is -0.357 e. The summed E-state index contributed by atoms with van der Waals surface area (Å²) in [4.78, 5) is 4.58. The van der Waals surface area contributed by atoms with Gasteiger partial charge in [0.2, 0.25) is 10.0 Å². The van der Waals surface area contributed by atoms with Gasteiger partial charge in [0.05, 0.1) is 11.4 Å². The Labute approximate surface area is 142 Å². The topological polar surface area (TPSA) is 96.6 Å². The second-order valence-electron chi connectivity index (χ2n) is 5.23. The summed E-state index contributed by atoms with van der Waals surface area (Å²) in [6, 6.07) is 16.5. The van der Waals surface area contributed by atoms with Crippen LogP contribution in [-0.4, -0.2) is 20.9 Å². The Morgan fingerprint density at radius 2 is 1.75 bits per heavy atom. The molecule has 7 heteroatoms. The third-order valence-electron chi connectivity index (χ3n) is 3.29. The van der Waals surface area contributed by atoms with Gasteiger partial charge in [0.15, 0.2) is 5.96 Å². The summed E-state index contributed by atoms with van der Waals surface area (Å²) in [7, 11) is -3.70. The van der Waals surface area contributed by atoms with E-state index in [1.54, 1.807) is 12.1 Å². The average Bonchev–Trinajstić information content (AvgIpc) is 2.58. The van der Waals surface area contributed by atoms with Gasteiger partial charge in [0.1, 0.15) is 0 Å². The Balaban J connectivity index is 2.05. The maximum absolute atomic E-state index is 11.4. The summed E-state index contributed by atoms with van der Waals surface area (Å²) in [6.45, 7) is 3.73. The smallest absolute Gasteiger partial charge is 0.238 e. The molecule has 0 aliphatic heterocycles. The monoisotopic (exact) mass is 346 g/mol. The molecule has 4 N–H and O–H groups in total. The SMILES string of the molecule is CCNC(=NCc1cccc(S(N)(=O)=O)c1)NCc1ccccc1. The van der Waals surface area contributed by atoms with Crippen molar-refractivity contribution in [2.24, 2.45) is 10.1 Å². The number of nitrogens with two attached hydrogens (primary N) is 1. The zero-order valence-electron chi connectivity index (χ0n) is 13.6. The molecule has 0 bridgehead atoms. The third kappa shape index (κ3) is 5.68. The van der Waals surface area contributed by atoms with E-state index in [0.29, 0.717) is 19.0 Å². The molecule has 0 spiro atoms. The number of sulfonamides is 1. The van der Waals surface area contributed by atoms with Gasteiger partial charge in [0.25, 0.3) is 0 Å². The van der Waals surface area contributed by atoms with E-state index < -0.39 is 10.0 Å². The van der Waals surface area contributed by atoms with Crippen LogP contribution in [0.25, 0.3) is 0 Å². The molecule has 0 amide bonds. The van der Waals surface area contributed by atoms with Crippen molar-refractivity contribution in [1.82, 2.24) is 10.6 Å². The molecular formula is C17H22N4O2S. The molecule has 0 radical (unpaired) electrons. The van der Waals surface area contributed by atoms with Gasteiger partial charge in [-0.05, 0) is 30.2 Å². The van der Waals surface area contributed by atoms with Crippen LogP contribution < -0.4 is 15.8 Å². The third-order valence-corrected chi connectivity index (χ3v) is 4.20. The van der Waals surface area contributed by atoms with Crippen molar-refractivity contribution in [3.05, 3.63) is 65.7 Å². The summed E-state index contributed by atoms with van der Waals surface area (Å²) in [5.74, 6) is 0.669. The Kier molecular flexibility index (Phi) is 6.34. The van der Waals surface area contributed by atoms with Crippen LogP contribution in [0.15, 0.2) is 64.5 Å². The molecule has 0 unspecified atom stereocenters. The lowest BCUT2D eigenvalue weighted by Crippen LogP contribution is -2.36. The number of nitrogens with one attached hydrogen (secondary N) is 2. The van der Waals surface area contributed by atoms with Crippen LogP contribution in [0.1, 0.15) is 18.1 Å². The number of aliphatic imine (C=N–C) groups is 1. The van der Waals surface area contributed by atoms with Crippen LogP contribution in [-0.2, 0) is 23.1 Å². The number of primary sulfonamides is 1. The first-order valence-corrected chi connectivity index (χ1v) is 9.21. The number of guanidine groups is 1. The summed E-state index contributed by atoms with van der Waals surface area (Å²) in [5, 5.41) is 11.6. The van der Waals surface area contributed by atoms with Crippen LogP contribution in [0.2, 0.25) is 0 Å². The lowest BCUT2D eigenvalue weighted by Gasteiger charge is -2.11. The second kappa shape index (κ2) is 8.47. The second-order valence-corrected chi connectivity index (χ2v) is 6.79. The molecule has 2 rings (SSSR count). The first-order chi connectivity index (χ1) is 11.5. The summed E-state index contributed by atoms with van der Waals surface area (Å²) in [6.07, 6.45) is 0. The first kappa shape index (κ1) is 18.0. The van der Waals surface area contributed by atoms with Crippen LogP contribution in [0.5, 0.6) is 0 Å². The first-order valence-electron chi connectivity index (χ1n) is 7.67. The largest absolute Gasteiger partial charge is 0.357 e. The van der Waals surface area contributed by atoms with E-state index in [1.165, 1.54) is 6.07 Å². The van der Waals surface area contributed by atoms with Gasteiger partial charge in [-0.25, -0.2) is 18.5 Å². The lowest BCUT2D eigenvalue weighted by atomic mass is 10.2. The Morgan fingerprint density at radius 3 is 2.42 bits per heavy atom. The predicted molar refractivity (Wildman–Crippen MR) is 95.9 cm³/mol. The average molecular weight is 346 g/mol. The molecule has 0 saturated heterocycles. The number of rotatable bonds is 6. The molecule has 0 fully saturated rings. The van der Waals surface area contributed by atoms with E-state index in [2.05, 4.69) is 15.6 Å². The van der Waals surface area contributed by atoms with Crippen molar-refractivity contribution in [1.29, 1.82) is 0 Å². The fraction of sp³-hybridized carbons (Fsp3) is 0.235. The summed E-state index contributed by atoms with van der Waals surface area (Å²) >= 11 is 0. The number of hydrogen-bond donors (Lipinski definition) is 3.